The Bertz CT molecular complexity index is 972. The number of para-hydroxylation sites is 1. The van der Waals surface area contributed by atoms with Crippen molar-refractivity contribution in [3.8, 4) is 0 Å². The molecular formula is C18H14ClN3O2S. The van der Waals surface area contributed by atoms with E-state index in [-0.39, 0.29) is 12.3 Å². The number of fused-ring (bicyclic) bond motifs is 2. The number of carbonyl (C=O) groups excluding carboxylic acids is 1. The minimum Gasteiger partial charge on any atom is -0.606 e. The lowest BCUT2D eigenvalue weighted by molar-refractivity contribution is -0.117. The fraction of sp³-hybridized carbons (Fsp3) is 0.111. The molecule has 1 aliphatic heterocycles. The molecule has 3 aromatic rings. The highest BCUT2D eigenvalue weighted by atomic mass is 35.5. The lowest BCUT2D eigenvalue weighted by atomic mass is 10.2. The lowest BCUT2D eigenvalue weighted by Crippen LogP contribution is -2.33. The summed E-state index contributed by atoms with van der Waals surface area (Å²) in [5.41, 5.74) is 1.84. The summed E-state index contributed by atoms with van der Waals surface area (Å²) in [6, 6.07) is 12.3. The zero-order chi connectivity index (χ0) is 17.6. The molecule has 7 heteroatoms. The van der Waals surface area contributed by atoms with E-state index < -0.39 is 11.2 Å². The summed E-state index contributed by atoms with van der Waals surface area (Å²) in [6.45, 7) is 1.84. The molecule has 1 N–H and O–H groups in total. The SMILES string of the molecule is Cc1nc(CC(=O)N2c3ccccc3[S+]([O-])c3ccc(Cl)cc32)c[nH]1. The van der Waals surface area contributed by atoms with Crippen LogP contribution in [-0.2, 0) is 22.4 Å². The summed E-state index contributed by atoms with van der Waals surface area (Å²) in [4.78, 5) is 23.1. The maximum Gasteiger partial charge on any atom is 0.237 e. The number of nitrogens with one attached hydrogen (secondary N) is 1. The molecule has 5 nitrogen and oxygen atoms in total. The largest absolute Gasteiger partial charge is 0.606 e. The minimum absolute atomic E-state index is 0.136. The van der Waals surface area contributed by atoms with E-state index in [0.29, 0.717) is 31.9 Å². The van der Waals surface area contributed by atoms with Gasteiger partial charge in [0.1, 0.15) is 17.2 Å². The molecule has 1 amide bonds. The number of anilines is 2. The molecule has 25 heavy (non-hydrogen) atoms. The van der Waals surface area contributed by atoms with E-state index in [9.17, 15) is 9.35 Å². The van der Waals surface area contributed by atoms with Gasteiger partial charge in [0, 0.05) is 22.4 Å². The Hall–Kier alpha value is -2.28. The van der Waals surface area contributed by atoms with Crippen molar-refractivity contribution in [2.45, 2.75) is 23.1 Å². The monoisotopic (exact) mass is 371 g/mol. The van der Waals surface area contributed by atoms with Gasteiger partial charge >= 0.3 is 0 Å². The summed E-state index contributed by atoms with van der Waals surface area (Å²) >= 11 is 4.78. The van der Waals surface area contributed by atoms with Crippen LogP contribution in [0.1, 0.15) is 11.5 Å². The van der Waals surface area contributed by atoms with Crippen LogP contribution < -0.4 is 4.90 Å². The van der Waals surface area contributed by atoms with Crippen molar-refractivity contribution >= 4 is 40.1 Å². The van der Waals surface area contributed by atoms with Gasteiger partial charge in [-0.05, 0) is 37.3 Å². The Balaban J connectivity index is 1.82. The molecule has 126 valence electrons. The zero-order valence-corrected chi connectivity index (χ0v) is 14.9. The first-order valence-electron chi connectivity index (χ1n) is 7.69. The lowest BCUT2D eigenvalue weighted by Gasteiger charge is -2.31. The van der Waals surface area contributed by atoms with E-state index in [1.807, 2.05) is 19.1 Å². The van der Waals surface area contributed by atoms with Crippen molar-refractivity contribution in [2.24, 2.45) is 0 Å². The predicted octanol–water partition coefficient (Wildman–Crippen LogP) is 3.76. The molecule has 0 fully saturated rings. The number of aromatic amines is 1. The number of carbonyl (C=O) groups is 1. The van der Waals surface area contributed by atoms with Crippen LogP contribution in [0.3, 0.4) is 0 Å². The first-order chi connectivity index (χ1) is 12.0. The fourth-order valence-electron chi connectivity index (χ4n) is 2.93. The van der Waals surface area contributed by atoms with Gasteiger partial charge < -0.3 is 9.54 Å². The molecule has 2 aromatic carbocycles. The van der Waals surface area contributed by atoms with Crippen molar-refractivity contribution < 1.29 is 9.35 Å². The maximum atomic E-state index is 13.1. The van der Waals surface area contributed by atoms with Crippen LogP contribution in [0.5, 0.6) is 0 Å². The summed E-state index contributed by atoms with van der Waals surface area (Å²) in [5, 5.41) is 0.489. The number of imidazole rings is 1. The number of aryl methyl sites for hydroxylation is 1. The Labute approximate surface area is 152 Å². The average molecular weight is 372 g/mol. The Kier molecular flexibility index (Phi) is 4.03. The zero-order valence-electron chi connectivity index (χ0n) is 13.3. The minimum atomic E-state index is -1.35. The second-order valence-electron chi connectivity index (χ2n) is 5.73. The van der Waals surface area contributed by atoms with Crippen molar-refractivity contribution in [3.05, 3.63) is 65.2 Å². The van der Waals surface area contributed by atoms with Crippen molar-refractivity contribution in [2.75, 3.05) is 4.90 Å². The van der Waals surface area contributed by atoms with Gasteiger partial charge in [-0.2, -0.15) is 0 Å². The van der Waals surface area contributed by atoms with E-state index in [2.05, 4.69) is 9.97 Å². The predicted molar refractivity (Wildman–Crippen MR) is 96.7 cm³/mol. The normalized spacial score (nSPS) is 15.6. The van der Waals surface area contributed by atoms with E-state index in [1.165, 1.54) is 0 Å². The fourth-order valence-corrected chi connectivity index (χ4v) is 4.42. The third kappa shape index (κ3) is 2.82. The molecule has 0 aliphatic carbocycles. The molecular weight excluding hydrogens is 358 g/mol. The maximum absolute atomic E-state index is 13.1. The molecule has 1 aliphatic rings. The number of hydrogen-bond donors (Lipinski definition) is 1. The number of benzene rings is 2. The Morgan fingerprint density at radius 3 is 2.76 bits per heavy atom. The number of aromatic nitrogens is 2. The number of rotatable bonds is 2. The first-order valence-corrected chi connectivity index (χ1v) is 9.21. The van der Waals surface area contributed by atoms with Crippen LogP contribution in [0, 0.1) is 6.92 Å². The topological polar surface area (TPSA) is 72.1 Å². The molecule has 0 saturated carbocycles. The quantitative estimate of drug-likeness (QED) is 0.697. The van der Waals surface area contributed by atoms with Gasteiger partial charge in [-0.25, -0.2) is 4.98 Å². The highest BCUT2D eigenvalue weighted by Crippen LogP contribution is 2.45. The third-order valence-electron chi connectivity index (χ3n) is 4.01. The van der Waals surface area contributed by atoms with Crippen molar-refractivity contribution in [1.82, 2.24) is 9.97 Å². The summed E-state index contributed by atoms with van der Waals surface area (Å²) < 4.78 is 12.9. The van der Waals surface area contributed by atoms with Crippen LogP contribution in [0.4, 0.5) is 11.4 Å². The smallest absolute Gasteiger partial charge is 0.237 e. The van der Waals surface area contributed by atoms with Gasteiger partial charge in [0.25, 0.3) is 0 Å². The number of halogens is 1. The second-order valence-corrected chi connectivity index (χ2v) is 7.59. The highest BCUT2D eigenvalue weighted by Gasteiger charge is 2.36. The highest BCUT2D eigenvalue weighted by molar-refractivity contribution is 7.92. The number of hydrogen-bond acceptors (Lipinski definition) is 3. The average Bonchev–Trinajstić information content (AvgIpc) is 3.00. The summed E-state index contributed by atoms with van der Waals surface area (Å²) in [5.74, 6) is 0.602. The number of nitrogens with zero attached hydrogens (tertiary/aromatic N) is 2. The van der Waals surface area contributed by atoms with E-state index >= 15 is 0 Å². The van der Waals surface area contributed by atoms with E-state index in [1.54, 1.807) is 41.4 Å². The Morgan fingerprint density at radius 2 is 2.00 bits per heavy atom. The van der Waals surface area contributed by atoms with Gasteiger partial charge in [0.05, 0.1) is 12.1 Å². The van der Waals surface area contributed by atoms with E-state index in [4.69, 9.17) is 11.6 Å². The molecule has 1 unspecified atom stereocenters. The molecule has 2 heterocycles. The number of H-pyrrole nitrogens is 1. The molecule has 1 atom stereocenters. The molecule has 4 rings (SSSR count). The second kappa shape index (κ2) is 6.22. The summed E-state index contributed by atoms with van der Waals surface area (Å²) in [6.07, 6.45) is 1.86. The van der Waals surface area contributed by atoms with Gasteiger partial charge in [-0.3, -0.25) is 9.69 Å². The van der Waals surface area contributed by atoms with Crippen molar-refractivity contribution in [1.29, 1.82) is 0 Å². The molecule has 0 spiro atoms. The molecule has 1 aromatic heterocycles. The third-order valence-corrected chi connectivity index (χ3v) is 5.73. The van der Waals surface area contributed by atoms with Gasteiger partial charge in [0.2, 0.25) is 5.91 Å². The van der Waals surface area contributed by atoms with Crippen LogP contribution >= 0.6 is 11.6 Å². The van der Waals surface area contributed by atoms with Crippen LogP contribution in [0.2, 0.25) is 5.02 Å². The van der Waals surface area contributed by atoms with Gasteiger partial charge in [0.15, 0.2) is 9.79 Å². The Morgan fingerprint density at radius 1 is 1.24 bits per heavy atom. The van der Waals surface area contributed by atoms with Crippen LogP contribution in [0.25, 0.3) is 0 Å². The van der Waals surface area contributed by atoms with Crippen LogP contribution in [-0.4, -0.2) is 20.4 Å². The van der Waals surface area contributed by atoms with E-state index in [0.717, 1.165) is 5.82 Å². The van der Waals surface area contributed by atoms with Crippen LogP contribution in [0.15, 0.2) is 58.5 Å². The van der Waals surface area contributed by atoms with Gasteiger partial charge in [-0.15, -0.1) is 0 Å². The number of amides is 1. The first kappa shape index (κ1) is 16.2. The summed E-state index contributed by atoms with van der Waals surface area (Å²) in [7, 11) is 0. The molecule has 0 saturated heterocycles. The van der Waals surface area contributed by atoms with Gasteiger partial charge in [-0.1, -0.05) is 23.7 Å². The standard InChI is InChI=1S/C18H14ClN3O2S/c1-11-20-10-13(21-11)9-18(23)22-14-4-2-3-5-16(14)25(24)17-7-6-12(19)8-15(17)22/h2-8,10H,9H2,1H3,(H,20,21). The van der Waals surface area contributed by atoms with Crippen molar-refractivity contribution in [3.63, 3.8) is 0 Å². The molecule has 0 bridgehead atoms. The molecule has 0 radical (unpaired) electrons.